The van der Waals surface area contributed by atoms with Crippen LogP contribution in [0, 0.1) is 11.8 Å². The predicted molar refractivity (Wildman–Crippen MR) is 234 cm³/mol. The Morgan fingerprint density at radius 3 is 1.57 bits per heavy atom. The van der Waals surface area contributed by atoms with E-state index < -0.39 is 34.9 Å². The summed E-state index contributed by atoms with van der Waals surface area (Å²) in [5.74, 6) is 0.826. The number of rotatable bonds is 18. The third kappa shape index (κ3) is 17.4. The second kappa shape index (κ2) is 28.9. The van der Waals surface area contributed by atoms with E-state index in [4.69, 9.17) is 30.4 Å². The van der Waals surface area contributed by atoms with Crippen LogP contribution in [0.5, 0.6) is 23.0 Å². The molecular weight excluding hydrogens is 851 g/mol. The van der Waals surface area contributed by atoms with Crippen LogP contribution in [0.3, 0.4) is 0 Å². The molecule has 0 fully saturated rings. The van der Waals surface area contributed by atoms with Crippen LogP contribution in [0.15, 0.2) is 82.8 Å². The molecule has 324 valence electrons. The number of aliphatic imine (C=N–C) groups is 2. The summed E-state index contributed by atoms with van der Waals surface area (Å²) < 4.78 is 0. The van der Waals surface area contributed by atoms with Crippen LogP contribution < -0.4 is 10.2 Å². The molecule has 0 aliphatic carbocycles. The van der Waals surface area contributed by atoms with Crippen LogP contribution in [-0.4, -0.2) is 43.8 Å². The molecule has 60 heavy (non-hydrogen) atoms. The molecule has 0 spiro atoms. The number of carboxylic acid groups (broad SMARTS) is 2. The maximum absolute atomic E-state index is 11.2. The van der Waals surface area contributed by atoms with E-state index in [1.54, 1.807) is 13.8 Å². The van der Waals surface area contributed by atoms with Gasteiger partial charge in [-0.2, -0.15) is 0 Å². The minimum absolute atomic E-state index is 0. The van der Waals surface area contributed by atoms with E-state index >= 15 is 0 Å². The fraction of sp³-hybridized carbons (Fsp3) is 0.388. The molecule has 0 heterocycles. The number of aromatic hydroxyl groups is 2. The summed E-state index contributed by atoms with van der Waals surface area (Å²) in [6.07, 6.45) is 13.6. The van der Waals surface area contributed by atoms with Crippen LogP contribution in [0.25, 0.3) is 0 Å². The number of nitrogens with zero attached hydrogens (tertiary/aromatic N) is 2. The smallest absolute Gasteiger partial charge is 0.869 e. The van der Waals surface area contributed by atoms with Gasteiger partial charge in [-0.1, -0.05) is 108 Å². The van der Waals surface area contributed by atoms with Gasteiger partial charge in [-0.3, -0.25) is 9.98 Å². The summed E-state index contributed by atoms with van der Waals surface area (Å²) in [6.45, 7) is 12.1. The van der Waals surface area contributed by atoms with E-state index in [1.165, 1.54) is 61.9 Å². The van der Waals surface area contributed by atoms with Gasteiger partial charge in [-0.15, -0.1) is 5.92 Å². The molecule has 0 bridgehead atoms. The Morgan fingerprint density at radius 2 is 1.10 bits per heavy atom. The van der Waals surface area contributed by atoms with Gasteiger partial charge in [0.15, 0.2) is 0 Å². The Morgan fingerprint density at radius 1 is 0.617 bits per heavy atom. The van der Waals surface area contributed by atoms with Crippen LogP contribution in [0.2, 0.25) is 0 Å². The molecule has 0 atom stereocenters. The van der Waals surface area contributed by atoms with Crippen molar-refractivity contribution >= 4 is 34.7 Å². The second-order valence-corrected chi connectivity index (χ2v) is 13.9. The molecule has 11 heteroatoms. The minimum Gasteiger partial charge on any atom is -0.869 e. The number of hydrogen-bond donors (Lipinski definition) is 4. The van der Waals surface area contributed by atoms with Crippen molar-refractivity contribution in [3.05, 3.63) is 106 Å². The summed E-state index contributed by atoms with van der Waals surface area (Å²) >= 11 is 0. The van der Waals surface area contributed by atoms with Gasteiger partial charge in [0.05, 0.1) is 33.9 Å². The summed E-state index contributed by atoms with van der Waals surface area (Å²) in [5, 5.41) is 57.7. The predicted octanol–water partition coefficient (Wildman–Crippen LogP) is 10.9. The molecule has 0 aliphatic rings. The monoisotopic (exact) mass is 910 g/mol. The first-order chi connectivity index (χ1) is 28.3. The number of carboxylic acids is 2. The van der Waals surface area contributed by atoms with Crippen LogP contribution in [0.4, 0.5) is 11.4 Å². The van der Waals surface area contributed by atoms with Crippen molar-refractivity contribution in [1.29, 1.82) is 0 Å². The Labute approximate surface area is 369 Å². The number of phenols is 2. The normalized spacial score (nSPS) is 10.8. The molecule has 0 saturated heterocycles. The van der Waals surface area contributed by atoms with Crippen molar-refractivity contribution in [1.82, 2.24) is 0 Å². The SMILES string of the molecule is CC#Cc1ccc(N=C(CCCCC)C(CCCC)=Nc2cccc(CCCCC)c2)cc1.CCc1ccc(O)c([O-])c1C(=O)O.CCc1ccc(O)c([O-])c1C(=O)O.[Pd+2]. The average molecular weight is 911 g/mol. The van der Waals surface area contributed by atoms with Crippen molar-refractivity contribution in [3.63, 3.8) is 0 Å². The number of phenolic OH excluding ortho intramolecular Hbond substituents is 2. The fourth-order valence-electron chi connectivity index (χ4n) is 6.14. The van der Waals surface area contributed by atoms with Crippen LogP contribution in [-0.2, 0) is 39.7 Å². The van der Waals surface area contributed by atoms with Crippen molar-refractivity contribution in [2.45, 2.75) is 125 Å². The van der Waals surface area contributed by atoms with E-state index in [0.717, 1.165) is 66.9 Å². The van der Waals surface area contributed by atoms with Crippen LogP contribution >= 0.6 is 0 Å². The standard InChI is InChI=1S/C31H42N2.2C9H10O4.Pd/c1-5-9-12-16-27-17-14-18-29(25-27)33-30(19-11-7-3)31(20-13-10-6-2)32-28-23-21-26(15-8-4)22-24-28;2*1-2-5-3-4-6(10)8(11)7(5)9(12)13;/h14,17-18,21-25H,5-7,9-13,16,19-20H2,1-4H3;2*3-4,10-11H,2H2,1H3,(H,12,13);/q;;;+2/p-2. The Kier molecular flexibility index (Phi) is 25.3. The van der Waals surface area contributed by atoms with E-state index in [0.29, 0.717) is 24.0 Å². The first-order valence-corrected chi connectivity index (χ1v) is 20.6. The van der Waals surface area contributed by atoms with E-state index in [2.05, 4.69) is 81.1 Å². The van der Waals surface area contributed by atoms with Gasteiger partial charge >= 0.3 is 32.4 Å². The Balaban J connectivity index is 0.000000544. The largest absolute Gasteiger partial charge is 2.00 e. The molecular formula is C49H60N2O8Pd. The Bertz CT molecular complexity index is 2010. The minimum atomic E-state index is -1.29. The molecule has 10 nitrogen and oxygen atoms in total. The molecule has 4 N–H and O–H groups in total. The first kappa shape index (κ1) is 52.6. The maximum Gasteiger partial charge on any atom is 2.00 e. The number of unbranched alkanes of at least 4 members (excludes halogenated alkanes) is 5. The Hall–Kier alpha value is -5.42. The van der Waals surface area contributed by atoms with Gasteiger partial charge in [-0.05, 0) is 124 Å². The van der Waals surface area contributed by atoms with E-state index in [9.17, 15) is 19.8 Å². The fourth-order valence-corrected chi connectivity index (χ4v) is 6.14. The molecule has 0 amide bonds. The zero-order chi connectivity index (χ0) is 43.7. The topological polar surface area (TPSA) is 186 Å². The zero-order valence-electron chi connectivity index (χ0n) is 35.8. The summed E-state index contributed by atoms with van der Waals surface area (Å²) in [6, 6.07) is 22.4. The number of carbonyl (C=O) groups is 2. The first-order valence-electron chi connectivity index (χ1n) is 20.6. The molecule has 0 aliphatic heterocycles. The van der Waals surface area contributed by atoms with Crippen molar-refractivity contribution in [2.75, 3.05) is 0 Å². The van der Waals surface area contributed by atoms with Gasteiger partial charge in [0.2, 0.25) is 0 Å². The molecule has 4 aromatic rings. The molecule has 4 rings (SSSR count). The summed E-state index contributed by atoms with van der Waals surface area (Å²) in [4.78, 5) is 31.6. The van der Waals surface area contributed by atoms with Gasteiger partial charge in [0.1, 0.15) is 11.5 Å². The number of hydrogen-bond acceptors (Lipinski definition) is 8. The number of benzene rings is 4. The summed E-state index contributed by atoms with van der Waals surface area (Å²) in [7, 11) is 0. The van der Waals surface area contributed by atoms with Gasteiger partial charge < -0.3 is 30.6 Å². The maximum atomic E-state index is 11.2. The molecule has 4 aromatic carbocycles. The number of aryl methyl sites for hydroxylation is 3. The second-order valence-electron chi connectivity index (χ2n) is 13.9. The zero-order valence-corrected chi connectivity index (χ0v) is 37.3. The average Bonchev–Trinajstić information content (AvgIpc) is 3.22. The van der Waals surface area contributed by atoms with Crippen molar-refractivity contribution < 1.29 is 60.7 Å². The van der Waals surface area contributed by atoms with Gasteiger partial charge in [0, 0.05) is 5.56 Å². The molecule has 0 radical (unpaired) electrons. The van der Waals surface area contributed by atoms with Crippen LogP contribution in [0.1, 0.15) is 149 Å². The third-order valence-electron chi connectivity index (χ3n) is 9.40. The summed E-state index contributed by atoms with van der Waals surface area (Å²) in [5.41, 5.74) is 6.97. The van der Waals surface area contributed by atoms with Gasteiger partial charge in [0.25, 0.3) is 0 Å². The van der Waals surface area contributed by atoms with Crippen molar-refractivity contribution in [2.24, 2.45) is 9.98 Å². The number of aromatic carboxylic acids is 2. The third-order valence-corrected chi connectivity index (χ3v) is 9.40. The molecule has 0 aromatic heterocycles. The quantitative estimate of drug-likeness (QED) is 0.0329. The molecule has 0 unspecified atom stereocenters. The van der Waals surface area contributed by atoms with Crippen molar-refractivity contribution in [3.8, 4) is 34.8 Å². The van der Waals surface area contributed by atoms with E-state index in [1.807, 2.05) is 6.92 Å². The van der Waals surface area contributed by atoms with E-state index in [-0.39, 0.29) is 31.5 Å². The molecule has 0 saturated carbocycles. The van der Waals surface area contributed by atoms with Gasteiger partial charge in [-0.25, -0.2) is 9.59 Å².